The predicted octanol–water partition coefficient (Wildman–Crippen LogP) is 8.71. The van der Waals surface area contributed by atoms with Gasteiger partial charge in [-0.3, -0.25) is 0 Å². The molecule has 0 aliphatic carbocycles. The van der Waals surface area contributed by atoms with Crippen LogP contribution in [0, 0.1) is 13.8 Å². The molecule has 28 heavy (non-hydrogen) atoms. The second kappa shape index (κ2) is 5.91. The van der Waals surface area contributed by atoms with Gasteiger partial charge in [-0.15, -0.1) is 22.7 Å². The third-order valence-electron chi connectivity index (χ3n) is 5.59. The van der Waals surface area contributed by atoms with Crippen LogP contribution in [0.2, 0.25) is 0 Å². The lowest BCUT2D eigenvalue weighted by atomic mass is 10.0. The Labute approximate surface area is 171 Å². The average Bonchev–Trinajstić information content (AvgIpc) is 3.23. The van der Waals surface area contributed by atoms with Crippen LogP contribution in [-0.4, -0.2) is 0 Å². The van der Waals surface area contributed by atoms with Crippen molar-refractivity contribution in [3.8, 4) is 11.1 Å². The Balaban J connectivity index is 1.54. The monoisotopic (exact) mass is 394 g/mol. The molecule has 2 heteroatoms. The number of benzene rings is 4. The number of aryl methyl sites for hydroxylation is 2. The number of rotatable bonds is 1. The minimum Gasteiger partial charge on any atom is -0.135 e. The van der Waals surface area contributed by atoms with Crippen LogP contribution in [0.4, 0.5) is 0 Å². The normalized spacial score (nSPS) is 11.9. The third kappa shape index (κ3) is 2.42. The van der Waals surface area contributed by atoms with E-state index in [1.165, 1.54) is 62.6 Å². The first kappa shape index (κ1) is 16.3. The summed E-state index contributed by atoms with van der Waals surface area (Å²) in [6.07, 6.45) is 0. The van der Waals surface area contributed by atoms with Gasteiger partial charge in [-0.2, -0.15) is 0 Å². The molecule has 0 nitrogen and oxygen atoms in total. The van der Waals surface area contributed by atoms with Crippen molar-refractivity contribution >= 4 is 63.0 Å². The predicted molar refractivity (Wildman–Crippen MR) is 127 cm³/mol. The fraction of sp³-hybridized carbons (Fsp3) is 0.0769. The fourth-order valence-electron chi connectivity index (χ4n) is 4.13. The first-order valence-corrected chi connectivity index (χ1v) is 11.2. The standard InChI is InChI=1S/C26H18S2/c1-15-3-7-19-21-9-5-17(13-25(21)27-23(19)11-15)18-6-10-22-20-8-4-16(2)12-24(20)28-26(22)14-18/h3-14H,1-2H3. The molecule has 0 radical (unpaired) electrons. The third-order valence-corrected chi connectivity index (χ3v) is 7.82. The fourth-order valence-corrected chi connectivity index (χ4v) is 6.61. The highest BCUT2D eigenvalue weighted by Gasteiger charge is 2.10. The Morgan fingerprint density at radius 3 is 1.21 bits per heavy atom. The second-order valence-electron chi connectivity index (χ2n) is 7.63. The maximum Gasteiger partial charge on any atom is 0.0361 e. The lowest BCUT2D eigenvalue weighted by molar-refractivity contribution is 1.52. The van der Waals surface area contributed by atoms with E-state index >= 15 is 0 Å². The Bertz CT molecular complexity index is 1410. The van der Waals surface area contributed by atoms with Gasteiger partial charge in [0.05, 0.1) is 0 Å². The molecule has 0 aliphatic heterocycles. The molecule has 6 aromatic rings. The van der Waals surface area contributed by atoms with E-state index in [1.54, 1.807) is 0 Å². The van der Waals surface area contributed by atoms with E-state index in [4.69, 9.17) is 0 Å². The minimum atomic E-state index is 1.30. The molecule has 2 aromatic heterocycles. The van der Waals surface area contributed by atoms with Crippen molar-refractivity contribution < 1.29 is 0 Å². The highest BCUT2D eigenvalue weighted by molar-refractivity contribution is 7.26. The van der Waals surface area contributed by atoms with Crippen LogP contribution in [0.1, 0.15) is 11.1 Å². The minimum absolute atomic E-state index is 1.30. The maximum absolute atomic E-state index is 2.36. The van der Waals surface area contributed by atoms with Gasteiger partial charge in [-0.05, 0) is 60.4 Å². The quantitative estimate of drug-likeness (QED) is 0.261. The van der Waals surface area contributed by atoms with E-state index in [-0.39, 0.29) is 0 Å². The van der Waals surface area contributed by atoms with Crippen LogP contribution < -0.4 is 0 Å². The number of thiophene rings is 2. The van der Waals surface area contributed by atoms with Crippen LogP contribution in [0.25, 0.3) is 51.5 Å². The van der Waals surface area contributed by atoms with Gasteiger partial charge in [0.1, 0.15) is 0 Å². The molecule has 0 atom stereocenters. The molecule has 2 heterocycles. The van der Waals surface area contributed by atoms with E-state index in [9.17, 15) is 0 Å². The zero-order valence-electron chi connectivity index (χ0n) is 15.7. The zero-order chi connectivity index (χ0) is 18.8. The van der Waals surface area contributed by atoms with Crippen molar-refractivity contribution in [1.82, 2.24) is 0 Å². The van der Waals surface area contributed by atoms with E-state index < -0.39 is 0 Å². The van der Waals surface area contributed by atoms with Gasteiger partial charge in [-0.25, -0.2) is 0 Å². The summed E-state index contributed by atoms with van der Waals surface area (Å²) in [5.74, 6) is 0. The number of hydrogen-bond acceptors (Lipinski definition) is 2. The average molecular weight is 395 g/mol. The molecule has 0 saturated carbocycles. The van der Waals surface area contributed by atoms with E-state index in [2.05, 4.69) is 86.6 Å². The van der Waals surface area contributed by atoms with Crippen LogP contribution in [0.3, 0.4) is 0 Å². The summed E-state index contributed by atoms with van der Waals surface area (Å²) in [5.41, 5.74) is 5.24. The summed E-state index contributed by atoms with van der Waals surface area (Å²) < 4.78 is 5.49. The van der Waals surface area contributed by atoms with Gasteiger partial charge in [0.25, 0.3) is 0 Å². The molecule has 0 saturated heterocycles. The Morgan fingerprint density at radius 2 is 0.786 bits per heavy atom. The SMILES string of the molecule is Cc1ccc2c(c1)sc1cc(-c3ccc4c(c3)sc3cc(C)ccc34)ccc12. The van der Waals surface area contributed by atoms with Crippen molar-refractivity contribution in [1.29, 1.82) is 0 Å². The zero-order valence-corrected chi connectivity index (χ0v) is 17.4. The first-order valence-electron chi connectivity index (χ1n) is 9.52. The van der Waals surface area contributed by atoms with Crippen LogP contribution in [0.15, 0.2) is 72.8 Å². The molecule has 0 spiro atoms. The Morgan fingerprint density at radius 1 is 0.429 bits per heavy atom. The lowest BCUT2D eigenvalue weighted by Crippen LogP contribution is -1.77. The van der Waals surface area contributed by atoms with Crippen molar-refractivity contribution in [3.05, 3.63) is 83.9 Å². The first-order chi connectivity index (χ1) is 13.7. The van der Waals surface area contributed by atoms with Crippen LogP contribution in [-0.2, 0) is 0 Å². The van der Waals surface area contributed by atoms with Gasteiger partial charge < -0.3 is 0 Å². The highest BCUT2D eigenvalue weighted by atomic mass is 32.1. The Kier molecular flexibility index (Phi) is 3.44. The van der Waals surface area contributed by atoms with Gasteiger partial charge in [0.15, 0.2) is 0 Å². The molecule has 134 valence electrons. The largest absolute Gasteiger partial charge is 0.135 e. The lowest BCUT2D eigenvalue weighted by Gasteiger charge is -2.03. The molecule has 0 unspecified atom stereocenters. The number of hydrogen-bond donors (Lipinski definition) is 0. The summed E-state index contributed by atoms with van der Waals surface area (Å²) in [7, 11) is 0. The Hall–Kier alpha value is -2.68. The molecule has 6 rings (SSSR count). The van der Waals surface area contributed by atoms with Crippen molar-refractivity contribution in [3.63, 3.8) is 0 Å². The molecule has 4 aromatic carbocycles. The number of fused-ring (bicyclic) bond motifs is 6. The summed E-state index contributed by atoms with van der Waals surface area (Å²) in [6.45, 7) is 4.33. The summed E-state index contributed by atoms with van der Waals surface area (Å²) in [4.78, 5) is 0. The van der Waals surface area contributed by atoms with Gasteiger partial charge in [0.2, 0.25) is 0 Å². The summed E-state index contributed by atoms with van der Waals surface area (Å²) >= 11 is 3.79. The molecule has 0 aliphatic rings. The molecule has 0 amide bonds. The molecular weight excluding hydrogens is 376 g/mol. The summed E-state index contributed by atoms with van der Waals surface area (Å²) in [6, 6.07) is 27.4. The highest BCUT2D eigenvalue weighted by Crippen LogP contribution is 2.39. The molecular formula is C26H18S2. The van der Waals surface area contributed by atoms with Gasteiger partial charge in [0, 0.05) is 40.3 Å². The van der Waals surface area contributed by atoms with Crippen molar-refractivity contribution in [2.75, 3.05) is 0 Å². The van der Waals surface area contributed by atoms with Crippen LogP contribution >= 0.6 is 22.7 Å². The smallest absolute Gasteiger partial charge is 0.0361 e. The van der Waals surface area contributed by atoms with Gasteiger partial charge in [-0.1, -0.05) is 48.5 Å². The topological polar surface area (TPSA) is 0 Å². The molecule has 0 N–H and O–H groups in total. The second-order valence-corrected chi connectivity index (χ2v) is 9.79. The molecule has 0 bridgehead atoms. The summed E-state index contributed by atoms with van der Waals surface area (Å²) in [5, 5.41) is 5.46. The van der Waals surface area contributed by atoms with E-state index in [0.717, 1.165) is 0 Å². The molecule has 0 fully saturated rings. The van der Waals surface area contributed by atoms with Gasteiger partial charge >= 0.3 is 0 Å². The van der Waals surface area contributed by atoms with Crippen molar-refractivity contribution in [2.24, 2.45) is 0 Å². The van der Waals surface area contributed by atoms with Crippen molar-refractivity contribution in [2.45, 2.75) is 13.8 Å². The van der Waals surface area contributed by atoms with Crippen LogP contribution in [0.5, 0.6) is 0 Å². The van der Waals surface area contributed by atoms with E-state index in [0.29, 0.717) is 0 Å². The van der Waals surface area contributed by atoms with E-state index in [1.807, 2.05) is 22.7 Å². The maximum atomic E-state index is 2.36.